The van der Waals surface area contributed by atoms with E-state index in [1.807, 2.05) is 26.0 Å². The highest BCUT2D eigenvalue weighted by Crippen LogP contribution is 2.18. The maximum absolute atomic E-state index is 12.1. The van der Waals surface area contributed by atoms with Gasteiger partial charge in [0.1, 0.15) is 11.5 Å². The van der Waals surface area contributed by atoms with E-state index in [2.05, 4.69) is 19.9 Å². The summed E-state index contributed by atoms with van der Waals surface area (Å²) in [7, 11) is 0. The van der Waals surface area contributed by atoms with Gasteiger partial charge in [-0.05, 0) is 31.5 Å². The Labute approximate surface area is 103 Å². The number of fused-ring (bicyclic) bond motifs is 1. The fourth-order valence-corrected chi connectivity index (χ4v) is 2.01. The number of aromatic amines is 2. The standard InChI is InChI=1S/C13H12N4O/c1-7-8(2)15-12-10(7)13(18)17-11(16-12)9-4-3-5-14-6-9/h3-6H,1-2H3,(H2,15,16,17,18). The molecule has 0 amide bonds. The summed E-state index contributed by atoms with van der Waals surface area (Å²) in [6.07, 6.45) is 3.36. The van der Waals surface area contributed by atoms with Gasteiger partial charge in [0.2, 0.25) is 0 Å². The Kier molecular flexibility index (Phi) is 2.26. The third-order valence-electron chi connectivity index (χ3n) is 3.10. The van der Waals surface area contributed by atoms with E-state index in [0.29, 0.717) is 16.9 Å². The first kappa shape index (κ1) is 10.7. The predicted octanol–water partition coefficient (Wildman–Crippen LogP) is 1.93. The van der Waals surface area contributed by atoms with Crippen LogP contribution in [0.15, 0.2) is 29.3 Å². The van der Waals surface area contributed by atoms with E-state index < -0.39 is 0 Å². The fraction of sp³-hybridized carbons (Fsp3) is 0.154. The van der Waals surface area contributed by atoms with E-state index in [-0.39, 0.29) is 5.56 Å². The van der Waals surface area contributed by atoms with E-state index >= 15 is 0 Å². The second-order valence-electron chi connectivity index (χ2n) is 4.25. The lowest BCUT2D eigenvalue weighted by atomic mass is 10.2. The van der Waals surface area contributed by atoms with Crippen molar-refractivity contribution in [2.45, 2.75) is 13.8 Å². The summed E-state index contributed by atoms with van der Waals surface area (Å²) < 4.78 is 0. The Bertz CT molecular complexity index is 771. The molecular formula is C13H12N4O. The molecule has 0 aliphatic heterocycles. The minimum atomic E-state index is -0.124. The molecular weight excluding hydrogens is 228 g/mol. The van der Waals surface area contributed by atoms with Gasteiger partial charge in [-0.15, -0.1) is 0 Å². The van der Waals surface area contributed by atoms with Gasteiger partial charge in [0.25, 0.3) is 5.56 Å². The number of nitrogens with zero attached hydrogens (tertiary/aromatic N) is 2. The quantitative estimate of drug-likeness (QED) is 0.682. The molecule has 0 radical (unpaired) electrons. The van der Waals surface area contributed by atoms with Gasteiger partial charge in [0, 0.05) is 23.7 Å². The van der Waals surface area contributed by atoms with Crippen molar-refractivity contribution in [1.82, 2.24) is 19.9 Å². The van der Waals surface area contributed by atoms with Gasteiger partial charge in [-0.25, -0.2) is 4.98 Å². The van der Waals surface area contributed by atoms with E-state index in [0.717, 1.165) is 16.8 Å². The van der Waals surface area contributed by atoms with Crippen LogP contribution < -0.4 is 5.56 Å². The van der Waals surface area contributed by atoms with Crippen LogP contribution in [0.4, 0.5) is 0 Å². The predicted molar refractivity (Wildman–Crippen MR) is 69.4 cm³/mol. The fourth-order valence-electron chi connectivity index (χ4n) is 2.01. The lowest BCUT2D eigenvalue weighted by molar-refractivity contribution is 1.15. The Balaban J connectivity index is 2.32. The van der Waals surface area contributed by atoms with Crippen molar-refractivity contribution >= 4 is 11.0 Å². The van der Waals surface area contributed by atoms with Crippen LogP contribution in [-0.4, -0.2) is 19.9 Å². The van der Waals surface area contributed by atoms with E-state index in [9.17, 15) is 4.79 Å². The Morgan fingerprint density at radius 2 is 2.06 bits per heavy atom. The topological polar surface area (TPSA) is 74.4 Å². The van der Waals surface area contributed by atoms with Crippen molar-refractivity contribution in [3.05, 3.63) is 46.1 Å². The van der Waals surface area contributed by atoms with Gasteiger partial charge < -0.3 is 9.97 Å². The highest BCUT2D eigenvalue weighted by Gasteiger charge is 2.11. The zero-order chi connectivity index (χ0) is 12.7. The van der Waals surface area contributed by atoms with Gasteiger partial charge in [0.15, 0.2) is 0 Å². The first-order chi connectivity index (χ1) is 8.66. The summed E-state index contributed by atoms with van der Waals surface area (Å²) >= 11 is 0. The van der Waals surface area contributed by atoms with Gasteiger partial charge in [-0.3, -0.25) is 9.78 Å². The average Bonchev–Trinajstić information content (AvgIpc) is 2.66. The summed E-state index contributed by atoms with van der Waals surface area (Å²) in [5.74, 6) is 0.529. The maximum atomic E-state index is 12.1. The molecule has 3 aromatic rings. The number of pyridine rings is 1. The largest absolute Gasteiger partial charge is 0.343 e. The Morgan fingerprint density at radius 1 is 1.22 bits per heavy atom. The summed E-state index contributed by atoms with van der Waals surface area (Å²) in [6, 6.07) is 3.67. The second kappa shape index (κ2) is 3.80. The van der Waals surface area contributed by atoms with Crippen molar-refractivity contribution in [2.24, 2.45) is 0 Å². The number of hydrogen-bond donors (Lipinski definition) is 2. The van der Waals surface area contributed by atoms with Crippen molar-refractivity contribution in [1.29, 1.82) is 0 Å². The molecule has 2 N–H and O–H groups in total. The third-order valence-corrected chi connectivity index (χ3v) is 3.10. The highest BCUT2D eigenvalue weighted by atomic mass is 16.1. The number of H-pyrrole nitrogens is 2. The normalized spacial score (nSPS) is 11.0. The number of hydrogen-bond acceptors (Lipinski definition) is 3. The van der Waals surface area contributed by atoms with Crippen LogP contribution in [-0.2, 0) is 0 Å². The lowest BCUT2D eigenvalue weighted by Gasteiger charge is -1.99. The van der Waals surface area contributed by atoms with Crippen LogP contribution in [0.5, 0.6) is 0 Å². The van der Waals surface area contributed by atoms with Crippen LogP contribution in [0, 0.1) is 13.8 Å². The molecule has 0 unspecified atom stereocenters. The number of aryl methyl sites for hydroxylation is 2. The molecule has 5 nitrogen and oxygen atoms in total. The Hall–Kier alpha value is -2.43. The molecule has 3 aromatic heterocycles. The third kappa shape index (κ3) is 1.52. The molecule has 0 aromatic carbocycles. The van der Waals surface area contributed by atoms with Crippen molar-refractivity contribution in [3.8, 4) is 11.4 Å². The molecule has 90 valence electrons. The summed E-state index contributed by atoms with van der Waals surface area (Å²) in [5.41, 5.74) is 3.19. The number of aromatic nitrogens is 4. The molecule has 0 aliphatic carbocycles. The van der Waals surface area contributed by atoms with Crippen LogP contribution in [0.25, 0.3) is 22.4 Å². The summed E-state index contributed by atoms with van der Waals surface area (Å²) in [4.78, 5) is 26.4. The second-order valence-corrected chi connectivity index (χ2v) is 4.25. The monoisotopic (exact) mass is 240 g/mol. The molecule has 5 heteroatoms. The molecule has 0 saturated carbocycles. The molecule has 0 fully saturated rings. The number of nitrogens with one attached hydrogen (secondary N) is 2. The van der Waals surface area contributed by atoms with Gasteiger partial charge in [-0.2, -0.15) is 0 Å². The van der Waals surface area contributed by atoms with Gasteiger partial charge in [0.05, 0.1) is 5.39 Å². The first-order valence-corrected chi connectivity index (χ1v) is 5.66. The van der Waals surface area contributed by atoms with Crippen molar-refractivity contribution in [2.75, 3.05) is 0 Å². The molecule has 0 saturated heterocycles. The smallest absolute Gasteiger partial charge is 0.260 e. The molecule has 18 heavy (non-hydrogen) atoms. The van der Waals surface area contributed by atoms with Crippen LogP contribution in [0.3, 0.4) is 0 Å². The highest BCUT2D eigenvalue weighted by molar-refractivity contribution is 5.81. The van der Waals surface area contributed by atoms with Gasteiger partial charge in [-0.1, -0.05) is 0 Å². The Morgan fingerprint density at radius 3 is 2.78 bits per heavy atom. The summed E-state index contributed by atoms with van der Waals surface area (Å²) in [6.45, 7) is 3.84. The van der Waals surface area contributed by atoms with Crippen LogP contribution in [0.1, 0.15) is 11.3 Å². The summed E-state index contributed by atoms with van der Waals surface area (Å²) in [5, 5.41) is 0.625. The van der Waals surface area contributed by atoms with Gasteiger partial charge >= 0.3 is 0 Å². The minimum absolute atomic E-state index is 0.124. The van der Waals surface area contributed by atoms with Crippen molar-refractivity contribution in [3.63, 3.8) is 0 Å². The van der Waals surface area contributed by atoms with E-state index in [1.165, 1.54) is 0 Å². The van der Waals surface area contributed by atoms with Crippen molar-refractivity contribution < 1.29 is 0 Å². The SMILES string of the molecule is Cc1[nH]c2nc(-c3cccnc3)[nH]c(=O)c2c1C. The zero-order valence-electron chi connectivity index (χ0n) is 10.1. The van der Waals surface area contributed by atoms with Crippen LogP contribution >= 0.6 is 0 Å². The van der Waals surface area contributed by atoms with E-state index in [4.69, 9.17) is 0 Å². The average molecular weight is 240 g/mol. The molecule has 3 heterocycles. The first-order valence-electron chi connectivity index (χ1n) is 5.66. The molecule has 0 aliphatic rings. The molecule has 0 atom stereocenters. The zero-order valence-corrected chi connectivity index (χ0v) is 10.1. The molecule has 0 bridgehead atoms. The maximum Gasteiger partial charge on any atom is 0.260 e. The molecule has 3 rings (SSSR count). The number of rotatable bonds is 1. The van der Waals surface area contributed by atoms with E-state index in [1.54, 1.807) is 12.4 Å². The minimum Gasteiger partial charge on any atom is -0.343 e. The molecule has 0 spiro atoms. The van der Waals surface area contributed by atoms with Crippen LogP contribution in [0.2, 0.25) is 0 Å². The lowest BCUT2D eigenvalue weighted by Crippen LogP contribution is -2.09.